The van der Waals surface area contributed by atoms with Crippen LogP contribution in [0.4, 0.5) is 9.18 Å². The van der Waals surface area contributed by atoms with Gasteiger partial charge in [-0.25, -0.2) is 9.18 Å². The van der Waals surface area contributed by atoms with E-state index in [1.165, 1.54) is 6.07 Å². The molecule has 128 valence electrons. The number of benzene rings is 2. The van der Waals surface area contributed by atoms with Gasteiger partial charge in [0.25, 0.3) is 0 Å². The molecule has 2 aromatic rings. The number of nitrogens with one attached hydrogen (secondary N) is 1. The molecule has 0 fully saturated rings. The zero-order chi connectivity index (χ0) is 17.5. The van der Waals surface area contributed by atoms with Gasteiger partial charge in [-0.15, -0.1) is 0 Å². The number of carbonyl (C=O) groups is 1. The van der Waals surface area contributed by atoms with E-state index >= 15 is 0 Å². The molecule has 1 N–H and O–H groups in total. The Kier molecular flexibility index (Phi) is 6.61. The molecule has 0 aliphatic heterocycles. The minimum atomic E-state index is -0.251. The molecule has 0 spiro atoms. The Labute approximate surface area is 149 Å². The molecule has 0 atom stereocenters. The lowest BCUT2D eigenvalue weighted by molar-refractivity contribution is 0.206. The van der Waals surface area contributed by atoms with Gasteiger partial charge in [-0.05, 0) is 36.2 Å². The number of hydrogen-bond acceptors (Lipinski definition) is 2. The van der Waals surface area contributed by atoms with Crippen LogP contribution in [0.2, 0.25) is 0 Å². The normalized spacial score (nSPS) is 10.3. The van der Waals surface area contributed by atoms with Crippen LogP contribution < -0.4 is 10.1 Å². The fourth-order valence-corrected chi connectivity index (χ4v) is 2.75. The highest BCUT2D eigenvalue weighted by Gasteiger charge is 2.12. The van der Waals surface area contributed by atoms with Crippen LogP contribution in [-0.4, -0.2) is 31.6 Å². The third kappa shape index (κ3) is 4.96. The SMILES string of the molecule is COc1ccc(Br)cc1CN(C)C(=O)NCCc1ccccc1F. The number of urea groups is 1. The summed E-state index contributed by atoms with van der Waals surface area (Å²) >= 11 is 3.42. The summed E-state index contributed by atoms with van der Waals surface area (Å²) in [7, 11) is 3.31. The maximum atomic E-state index is 13.5. The fourth-order valence-electron chi connectivity index (χ4n) is 2.34. The van der Waals surface area contributed by atoms with E-state index in [0.29, 0.717) is 25.1 Å². The van der Waals surface area contributed by atoms with Gasteiger partial charge in [0.1, 0.15) is 11.6 Å². The molecule has 6 heteroatoms. The van der Waals surface area contributed by atoms with Gasteiger partial charge >= 0.3 is 6.03 Å². The molecule has 2 amide bonds. The highest BCUT2D eigenvalue weighted by Crippen LogP contribution is 2.24. The summed E-state index contributed by atoms with van der Waals surface area (Å²) in [5.41, 5.74) is 1.49. The first-order valence-electron chi connectivity index (χ1n) is 7.56. The summed E-state index contributed by atoms with van der Waals surface area (Å²) in [6, 6.07) is 12.0. The van der Waals surface area contributed by atoms with Crippen LogP contribution in [0.3, 0.4) is 0 Å². The predicted octanol–water partition coefficient (Wildman–Crippen LogP) is 3.98. The zero-order valence-electron chi connectivity index (χ0n) is 13.7. The van der Waals surface area contributed by atoms with Crippen molar-refractivity contribution < 1.29 is 13.9 Å². The minimum absolute atomic E-state index is 0.214. The van der Waals surface area contributed by atoms with Crippen LogP contribution in [0.1, 0.15) is 11.1 Å². The van der Waals surface area contributed by atoms with E-state index in [-0.39, 0.29) is 11.8 Å². The summed E-state index contributed by atoms with van der Waals surface area (Å²) in [6.07, 6.45) is 0.451. The zero-order valence-corrected chi connectivity index (χ0v) is 15.3. The van der Waals surface area contributed by atoms with Crippen molar-refractivity contribution in [1.29, 1.82) is 0 Å². The molecule has 2 aromatic carbocycles. The summed E-state index contributed by atoms with van der Waals surface area (Å²) in [5.74, 6) is 0.475. The van der Waals surface area contributed by atoms with Crippen LogP contribution >= 0.6 is 15.9 Å². The lowest BCUT2D eigenvalue weighted by atomic mass is 10.1. The highest BCUT2D eigenvalue weighted by atomic mass is 79.9. The second-order valence-corrected chi connectivity index (χ2v) is 6.30. The van der Waals surface area contributed by atoms with Gasteiger partial charge in [-0.2, -0.15) is 0 Å². The monoisotopic (exact) mass is 394 g/mol. The van der Waals surface area contributed by atoms with Gasteiger partial charge < -0.3 is 15.0 Å². The smallest absolute Gasteiger partial charge is 0.317 e. The van der Waals surface area contributed by atoms with Crippen LogP contribution in [0.25, 0.3) is 0 Å². The van der Waals surface area contributed by atoms with Gasteiger partial charge in [-0.3, -0.25) is 0 Å². The van der Waals surface area contributed by atoms with Crippen molar-refractivity contribution in [1.82, 2.24) is 10.2 Å². The van der Waals surface area contributed by atoms with Gasteiger partial charge in [0, 0.05) is 23.6 Å². The number of rotatable bonds is 6. The van der Waals surface area contributed by atoms with E-state index in [1.807, 2.05) is 18.2 Å². The first-order chi connectivity index (χ1) is 11.5. The second-order valence-electron chi connectivity index (χ2n) is 5.39. The average Bonchev–Trinajstić information content (AvgIpc) is 2.56. The second kappa shape index (κ2) is 8.68. The van der Waals surface area contributed by atoms with E-state index < -0.39 is 0 Å². The van der Waals surface area contributed by atoms with E-state index in [0.717, 1.165) is 15.8 Å². The first kappa shape index (κ1) is 18.3. The number of amides is 2. The molecular weight excluding hydrogens is 375 g/mol. The molecule has 0 aliphatic carbocycles. The van der Waals surface area contributed by atoms with E-state index in [1.54, 1.807) is 37.3 Å². The number of methoxy groups -OCH3 is 1. The summed E-state index contributed by atoms with van der Waals surface area (Å²) in [4.78, 5) is 13.7. The molecule has 0 heterocycles. The van der Waals surface area contributed by atoms with E-state index in [2.05, 4.69) is 21.2 Å². The largest absolute Gasteiger partial charge is 0.496 e. The summed E-state index contributed by atoms with van der Waals surface area (Å²) in [5, 5.41) is 2.80. The van der Waals surface area contributed by atoms with Crippen LogP contribution in [-0.2, 0) is 13.0 Å². The Morgan fingerprint density at radius 1 is 1.25 bits per heavy atom. The van der Waals surface area contributed by atoms with Gasteiger partial charge in [0.2, 0.25) is 0 Å². The third-order valence-corrected chi connectivity index (χ3v) is 4.12. The number of halogens is 2. The van der Waals surface area contributed by atoms with Crippen LogP contribution in [0, 0.1) is 5.82 Å². The molecule has 0 bridgehead atoms. The summed E-state index contributed by atoms with van der Waals surface area (Å²) in [6.45, 7) is 0.786. The maximum absolute atomic E-state index is 13.5. The molecule has 0 radical (unpaired) electrons. The maximum Gasteiger partial charge on any atom is 0.317 e. The van der Waals surface area contributed by atoms with Crippen LogP contribution in [0.15, 0.2) is 46.9 Å². The van der Waals surface area contributed by atoms with Gasteiger partial charge in [0.05, 0.1) is 13.7 Å². The van der Waals surface area contributed by atoms with Crippen molar-refractivity contribution in [2.75, 3.05) is 20.7 Å². The Morgan fingerprint density at radius 2 is 2.00 bits per heavy atom. The Hall–Kier alpha value is -2.08. The van der Waals surface area contributed by atoms with Gasteiger partial charge in [0.15, 0.2) is 0 Å². The van der Waals surface area contributed by atoms with E-state index in [4.69, 9.17) is 4.74 Å². The first-order valence-corrected chi connectivity index (χ1v) is 8.35. The quantitative estimate of drug-likeness (QED) is 0.804. The van der Waals surface area contributed by atoms with Crippen molar-refractivity contribution >= 4 is 22.0 Å². The molecule has 0 saturated carbocycles. The van der Waals surface area contributed by atoms with Crippen molar-refractivity contribution in [2.45, 2.75) is 13.0 Å². The van der Waals surface area contributed by atoms with Crippen molar-refractivity contribution in [3.8, 4) is 5.75 Å². The average molecular weight is 395 g/mol. The summed E-state index contributed by atoms with van der Waals surface area (Å²) < 4.78 is 19.8. The highest BCUT2D eigenvalue weighted by molar-refractivity contribution is 9.10. The lowest BCUT2D eigenvalue weighted by Gasteiger charge is -2.19. The van der Waals surface area contributed by atoms with Gasteiger partial charge in [-0.1, -0.05) is 34.1 Å². The van der Waals surface area contributed by atoms with Crippen LogP contribution in [0.5, 0.6) is 5.75 Å². The lowest BCUT2D eigenvalue weighted by Crippen LogP contribution is -2.37. The molecule has 24 heavy (non-hydrogen) atoms. The Morgan fingerprint density at radius 3 is 2.71 bits per heavy atom. The van der Waals surface area contributed by atoms with E-state index in [9.17, 15) is 9.18 Å². The molecule has 0 unspecified atom stereocenters. The molecule has 4 nitrogen and oxygen atoms in total. The van der Waals surface area contributed by atoms with Crippen molar-refractivity contribution in [3.05, 3.63) is 63.9 Å². The molecule has 0 aliphatic rings. The minimum Gasteiger partial charge on any atom is -0.496 e. The fraction of sp³-hybridized carbons (Fsp3) is 0.278. The third-order valence-electron chi connectivity index (χ3n) is 3.63. The van der Waals surface area contributed by atoms with Crippen molar-refractivity contribution in [3.63, 3.8) is 0 Å². The topological polar surface area (TPSA) is 41.6 Å². The standard InChI is InChI=1S/C18H20BrFN2O2/c1-22(12-14-11-15(19)7-8-17(14)24-2)18(23)21-10-9-13-5-3-4-6-16(13)20/h3-8,11H,9-10,12H2,1-2H3,(H,21,23). The number of carbonyl (C=O) groups excluding carboxylic acids is 1. The van der Waals surface area contributed by atoms with Crippen molar-refractivity contribution in [2.24, 2.45) is 0 Å². The Bertz CT molecular complexity index is 709. The molecule has 2 rings (SSSR count). The number of ether oxygens (including phenoxy) is 1. The predicted molar refractivity (Wildman–Crippen MR) is 95.7 cm³/mol. The molecular formula is C18H20BrFN2O2. The Balaban J connectivity index is 1.88. The number of hydrogen-bond donors (Lipinski definition) is 1. The molecule has 0 saturated heterocycles. The number of nitrogens with zero attached hydrogens (tertiary/aromatic N) is 1. The molecule has 0 aromatic heterocycles.